The fourth-order valence-electron chi connectivity index (χ4n) is 4.12. The summed E-state index contributed by atoms with van der Waals surface area (Å²) in [6.45, 7) is 6.61. The van der Waals surface area contributed by atoms with Crippen LogP contribution in [0.1, 0.15) is 10.5 Å². The van der Waals surface area contributed by atoms with Crippen LogP contribution in [0.2, 0.25) is 0 Å². The molecule has 4 N–H and O–H groups in total. The van der Waals surface area contributed by atoms with Crippen LogP contribution in [-0.4, -0.2) is 74.4 Å². The Labute approximate surface area is 212 Å². The van der Waals surface area contributed by atoms with Crippen LogP contribution < -0.4 is 31.1 Å². The molecular formula is C24H28N8O3S. The van der Waals surface area contributed by atoms with Gasteiger partial charge in [-0.3, -0.25) is 15.1 Å². The molecule has 2 aromatic heterocycles. The number of anilines is 5. The summed E-state index contributed by atoms with van der Waals surface area (Å²) in [5.41, 5.74) is 3.53. The average Bonchev–Trinajstić information content (AvgIpc) is 3.39. The van der Waals surface area contributed by atoms with Crippen LogP contribution in [0, 0.1) is 0 Å². The molecule has 12 heteroatoms. The molecule has 5 rings (SSSR count). The number of ether oxygens (including phenoxy) is 1. The molecule has 11 nitrogen and oxygen atoms in total. The van der Waals surface area contributed by atoms with Gasteiger partial charge in [-0.1, -0.05) is 0 Å². The molecule has 36 heavy (non-hydrogen) atoms. The maximum Gasteiger partial charge on any atom is 0.325 e. The van der Waals surface area contributed by atoms with Crippen molar-refractivity contribution in [3.8, 4) is 0 Å². The molecule has 0 aliphatic carbocycles. The molecule has 3 amide bonds. The Bertz CT molecular complexity index is 1190. The van der Waals surface area contributed by atoms with E-state index >= 15 is 0 Å². The minimum absolute atomic E-state index is 0.222. The maximum atomic E-state index is 12.8. The highest BCUT2D eigenvalue weighted by Crippen LogP contribution is 2.26. The van der Waals surface area contributed by atoms with E-state index in [-0.39, 0.29) is 11.6 Å². The standard InChI is InChI=1S/C24H28N8O3S/c33-22(28-19-15-26-6-5-21(19)32-9-7-25-8-10-32)20-16-36-24(29-20)30-23(34)27-17-1-3-18(4-2-17)31-11-13-35-14-12-31/h1-6,15-16,25H,7-14H2,(H,28,33)(H2,27,29,30,34). The van der Waals surface area contributed by atoms with Crippen molar-refractivity contribution in [3.63, 3.8) is 0 Å². The van der Waals surface area contributed by atoms with Gasteiger partial charge < -0.3 is 30.5 Å². The van der Waals surface area contributed by atoms with Gasteiger partial charge in [0.05, 0.1) is 30.8 Å². The normalized spacial score (nSPS) is 15.9. The number of rotatable bonds is 6. The lowest BCUT2D eigenvalue weighted by atomic mass is 10.2. The van der Waals surface area contributed by atoms with E-state index in [1.54, 1.807) is 17.8 Å². The zero-order chi connectivity index (χ0) is 24.7. The first kappa shape index (κ1) is 24.0. The molecule has 4 heterocycles. The smallest absolute Gasteiger partial charge is 0.325 e. The Balaban J connectivity index is 1.16. The molecule has 0 atom stereocenters. The van der Waals surface area contributed by atoms with Gasteiger partial charge in [-0.15, -0.1) is 11.3 Å². The summed E-state index contributed by atoms with van der Waals surface area (Å²) in [4.78, 5) is 38.2. The van der Waals surface area contributed by atoms with E-state index in [0.717, 1.165) is 63.9 Å². The predicted molar refractivity (Wildman–Crippen MR) is 142 cm³/mol. The summed E-state index contributed by atoms with van der Waals surface area (Å²) in [6, 6.07) is 9.12. The first-order chi connectivity index (χ1) is 17.7. The minimum atomic E-state index is -0.427. The van der Waals surface area contributed by atoms with E-state index in [4.69, 9.17) is 4.74 Å². The zero-order valence-electron chi connectivity index (χ0n) is 19.7. The second kappa shape index (κ2) is 11.3. The van der Waals surface area contributed by atoms with Crippen molar-refractivity contribution in [1.82, 2.24) is 15.3 Å². The third kappa shape index (κ3) is 5.90. The molecule has 2 fully saturated rings. The lowest BCUT2D eigenvalue weighted by molar-refractivity contribution is 0.102. The minimum Gasteiger partial charge on any atom is -0.378 e. The molecule has 3 aromatic rings. The monoisotopic (exact) mass is 508 g/mol. The van der Waals surface area contributed by atoms with Crippen molar-refractivity contribution in [3.05, 3.63) is 53.8 Å². The van der Waals surface area contributed by atoms with E-state index in [0.29, 0.717) is 16.5 Å². The average molecular weight is 509 g/mol. The number of hydrogen-bond donors (Lipinski definition) is 4. The number of carbonyl (C=O) groups excluding carboxylic acids is 2. The van der Waals surface area contributed by atoms with Crippen molar-refractivity contribution < 1.29 is 14.3 Å². The van der Waals surface area contributed by atoms with Crippen LogP contribution in [0.5, 0.6) is 0 Å². The highest BCUT2D eigenvalue weighted by molar-refractivity contribution is 7.14. The third-order valence-corrected chi connectivity index (χ3v) is 6.72. The van der Waals surface area contributed by atoms with Gasteiger partial charge in [-0.2, -0.15) is 0 Å². The quantitative estimate of drug-likeness (QED) is 0.401. The van der Waals surface area contributed by atoms with Crippen LogP contribution in [0.25, 0.3) is 0 Å². The molecule has 1 aromatic carbocycles. The van der Waals surface area contributed by atoms with Gasteiger partial charge in [0.2, 0.25) is 0 Å². The third-order valence-electron chi connectivity index (χ3n) is 5.96. The zero-order valence-corrected chi connectivity index (χ0v) is 20.5. The maximum absolute atomic E-state index is 12.8. The molecule has 0 saturated carbocycles. The number of piperazine rings is 1. The van der Waals surface area contributed by atoms with Gasteiger partial charge in [0.1, 0.15) is 5.69 Å². The molecular weight excluding hydrogens is 480 g/mol. The van der Waals surface area contributed by atoms with Gasteiger partial charge in [0.15, 0.2) is 5.13 Å². The number of hydrogen-bond acceptors (Lipinski definition) is 9. The van der Waals surface area contributed by atoms with Crippen molar-refractivity contribution in [2.75, 3.05) is 78.2 Å². The molecule has 0 bridgehead atoms. The second-order valence-electron chi connectivity index (χ2n) is 8.35. The van der Waals surface area contributed by atoms with Crippen molar-refractivity contribution in [2.24, 2.45) is 0 Å². The fourth-order valence-corrected chi connectivity index (χ4v) is 4.81. The Kier molecular flexibility index (Phi) is 7.55. The number of morpholine rings is 1. The van der Waals surface area contributed by atoms with Gasteiger partial charge in [-0.05, 0) is 30.3 Å². The van der Waals surface area contributed by atoms with Crippen LogP contribution in [-0.2, 0) is 4.74 Å². The Morgan fingerprint density at radius 3 is 2.50 bits per heavy atom. The van der Waals surface area contributed by atoms with E-state index in [1.165, 1.54) is 11.3 Å². The molecule has 2 aliphatic rings. The highest BCUT2D eigenvalue weighted by atomic mass is 32.1. The fraction of sp³-hybridized carbons (Fsp3) is 0.333. The number of carbonyl (C=O) groups is 2. The van der Waals surface area contributed by atoms with Crippen LogP contribution in [0.4, 0.5) is 32.7 Å². The van der Waals surface area contributed by atoms with Gasteiger partial charge >= 0.3 is 6.03 Å². The van der Waals surface area contributed by atoms with Crippen LogP contribution >= 0.6 is 11.3 Å². The Hall–Kier alpha value is -3.74. The van der Waals surface area contributed by atoms with Gasteiger partial charge in [-0.25, -0.2) is 9.78 Å². The second-order valence-corrected chi connectivity index (χ2v) is 9.21. The van der Waals surface area contributed by atoms with Crippen LogP contribution in [0.15, 0.2) is 48.1 Å². The van der Waals surface area contributed by atoms with E-state index in [9.17, 15) is 9.59 Å². The summed E-state index contributed by atoms with van der Waals surface area (Å²) in [5.74, 6) is -0.359. The van der Waals surface area contributed by atoms with Crippen molar-refractivity contribution in [2.45, 2.75) is 0 Å². The predicted octanol–water partition coefficient (Wildman–Crippen LogP) is 2.68. The number of nitrogens with zero attached hydrogens (tertiary/aromatic N) is 4. The summed E-state index contributed by atoms with van der Waals surface area (Å²) < 4.78 is 5.39. The summed E-state index contributed by atoms with van der Waals surface area (Å²) in [6.07, 6.45) is 3.35. The first-order valence-corrected chi connectivity index (χ1v) is 12.7. The first-order valence-electron chi connectivity index (χ1n) is 11.8. The number of aromatic nitrogens is 2. The SMILES string of the molecule is O=C(Nc1ccc(N2CCOCC2)cc1)Nc1nc(C(=O)Nc2cnccc2N2CCNCC2)cs1. The topological polar surface area (TPSA) is 124 Å². The van der Waals surface area contributed by atoms with Gasteiger partial charge in [0.25, 0.3) is 5.91 Å². The molecule has 2 saturated heterocycles. The lowest BCUT2D eigenvalue weighted by Gasteiger charge is -2.30. The Morgan fingerprint density at radius 2 is 1.72 bits per heavy atom. The van der Waals surface area contributed by atoms with Crippen molar-refractivity contribution >= 4 is 51.2 Å². The number of amides is 3. The lowest BCUT2D eigenvalue weighted by Crippen LogP contribution is -2.43. The van der Waals surface area contributed by atoms with Gasteiger partial charge in [0, 0.05) is 62.2 Å². The highest BCUT2D eigenvalue weighted by Gasteiger charge is 2.18. The van der Waals surface area contributed by atoms with E-state index < -0.39 is 6.03 Å². The molecule has 0 unspecified atom stereocenters. The molecule has 0 spiro atoms. The number of urea groups is 1. The number of thiazole rings is 1. The summed E-state index contributed by atoms with van der Waals surface area (Å²) in [5, 5.41) is 13.7. The van der Waals surface area contributed by atoms with E-state index in [2.05, 4.69) is 41.0 Å². The summed E-state index contributed by atoms with van der Waals surface area (Å²) in [7, 11) is 0. The Morgan fingerprint density at radius 1 is 0.944 bits per heavy atom. The van der Waals surface area contributed by atoms with E-state index in [1.807, 2.05) is 30.3 Å². The summed E-state index contributed by atoms with van der Waals surface area (Å²) >= 11 is 1.18. The van der Waals surface area contributed by atoms with Crippen molar-refractivity contribution in [1.29, 1.82) is 0 Å². The number of nitrogens with one attached hydrogen (secondary N) is 4. The largest absolute Gasteiger partial charge is 0.378 e. The van der Waals surface area contributed by atoms with Crippen LogP contribution in [0.3, 0.4) is 0 Å². The molecule has 0 radical (unpaired) electrons. The molecule has 188 valence electrons. The number of pyridine rings is 1. The number of benzene rings is 1. The molecule has 2 aliphatic heterocycles.